The summed E-state index contributed by atoms with van der Waals surface area (Å²) in [7, 11) is 0. The Bertz CT molecular complexity index is 595. The molecule has 6 heteroatoms. The first kappa shape index (κ1) is 15.2. The van der Waals surface area contributed by atoms with Gasteiger partial charge in [-0.05, 0) is 18.4 Å². The van der Waals surface area contributed by atoms with E-state index in [1.54, 1.807) is 0 Å². The lowest BCUT2D eigenvalue weighted by Crippen LogP contribution is -2.30. The number of hydrogen-bond acceptors (Lipinski definition) is 4. The molecule has 0 saturated carbocycles. The van der Waals surface area contributed by atoms with Crippen molar-refractivity contribution in [2.24, 2.45) is 5.92 Å². The first-order valence-electron chi connectivity index (χ1n) is 7.06. The zero-order valence-electron chi connectivity index (χ0n) is 12.2. The van der Waals surface area contributed by atoms with Gasteiger partial charge in [-0.25, -0.2) is 0 Å². The first-order valence-corrected chi connectivity index (χ1v) is 7.06. The second kappa shape index (κ2) is 6.03. The number of nitro groups is 1. The zero-order chi connectivity index (χ0) is 15.6. The lowest BCUT2D eigenvalue weighted by atomic mass is 10.1. The number of nitrogens with zero attached hydrogens (tertiary/aromatic N) is 2. The molecule has 1 aliphatic heterocycles. The van der Waals surface area contributed by atoms with Gasteiger partial charge in [0.1, 0.15) is 0 Å². The summed E-state index contributed by atoms with van der Waals surface area (Å²) < 4.78 is 0. The average Bonchev–Trinajstić information content (AvgIpc) is 2.67. The molecule has 0 unspecified atom stereocenters. The van der Waals surface area contributed by atoms with E-state index in [0.717, 1.165) is 19.3 Å². The smallest absolute Gasteiger partial charge is 0.270 e. The number of rotatable bonds is 6. The highest BCUT2D eigenvalue weighted by Crippen LogP contribution is 2.27. The lowest BCUT2D eigenvalue weighted by Gasteiger charge is -2.13. The highest BCUT2D eigenvalue weighted by molar-refractivity contribution is 6.21. The summed E-state index contributed by atoms with van der Waals surface area (Å²) in [5.74, 6) is -0.187. The number of carbonyl (C=O) groups excluding carboxylic acids is 2. The van der Waals surface area contributed by atoms with Crippen molar-refractivity contribution in [2.75, 3.05) is 6.54 Å². The first-order chi connectivity index (χ1) is 9.91. The molecular formula is C15H18N2O4. The Morgan fingerprint density at radius 2 is 1.81 bits per heavy atom. The summed E-state index contributed by atoms with van der Waals surface area (Å²) in [6.45, 7) is 4.62. The van der Waals surface area contributed by atoms with Crippen LogP contribution in [0.5, 0.6) is 0 Å². The highest BCUT2D eigenvalue weighted by Gasteiger charge is 2.36. The monoisotopic (exact) mass is 290 g/mol. The van der Waals surface area contributed by atoms with Crippen LogP contribution in [-0.4, -0.2) is 28.2 Å². The number of amides is 2. The van der Waals surface area contributed by atoms with Crippen molar-refractivity contribution in [3.63, 3.8) is 0 Å². The van der Waals surface area contributed by atoms with Gasteiger partial charge >= 0.3 is 0 Å². The molecule has 0 aliphatic carbocycles. The number of imide groups is 1. The fraction of sp³-hybridized carbons (Fsp3) is 0.467. The van der Waals surface area contributed by atoms with E-state index >= 15 is 0 Å². The maximum Gasteiger partial charge on any atom is 0.270 e. The Labute approximate surface area is 122 Å². The molecule has 0 aromatic heterocycles. The fourth-order valence-electron chi connectivity index (χ4n) is 2.42. The van der Waals surface area contributed by atoms with Gasteiger partial charge in [0.15, 0.2) is 0 Å². The van der Waals surface area contributed by atoms with Crippen LogP contribution in [0.2, 0.25) is 0 Å². The van der Waals surface area contributed by atoms with Crippen molar-refractivity contribution >= 4 is 17.5 Å². The minimum Gasteiger partial charge on any atom is -0.274 e. The third kappa shape index (κ3) is 3.09. The maximum atomic E-state index is 12.2. The average molecular weight is 290 g/mol. The summed E-state index contributed by atoms with van der Waals surface area (Å²) in [5.41, 5.74) is 0.226. The van der Waals surface area contributed by atoms with Crippen LogP contribution >= 0.6 is 0 Å². The van der Waals surface area contributed by atoms with Crippen LogP contribution in [-0.2, 0) is 0 Å². The molecule has 0 saturated heterocycles. The van der Waals surface area contributed by atoms with E-state index in [-0.39, 0.29) is 22.7 Å². The van der Waals surface area contributed by atoms with E-state index in [4.69, 9.17) is 0 Å². The second-order valence-corrected chi connectivity index (χ2v) is 5.64. The predicted molar refractivity (Wildman–Crippen MR) is 77.2 cm³/mol. The van der Waals surface area contributed by atoms with Crippen molar-refractivity contribution < 1.29 is 14.5 Å². The van der Waals surface area contributed by atoms with Gasteiger partial charge in [-0.1, -0.05) is 26.7 Å². The molecule has 0 radical (unpaired) electrons. The van der Waals surface area contributed by atoms with Gasteiger partial charge in [0.05, 0.1) is 16.1 Å². The van der Waals surface area contributed by atoms with Gasteiger partial charge < -0.3 is 0 Å². The number of carbonyl (C=O) groups is 2. The molecule has 2 rings (SSSR count). The summed E-state index contributed by atoms with van der Waals surface area (Å²) in [4.78, 5) is 35.7. The minimum absolute atomic E-state index is 0.137. The summed E-state index contributed by atoms with van der Waals surface area (Å²) in [6, 6.07) is 3.80. The highest BCUT2D eigenvalue weighted by atomic mass is 16.6. The van der Waals surface area contributed by atoms with Gasteiger partial charge in [0.2, 0.25) is 0 Å². The standard InChI is InChI=1S/C15H18N2O4/c1-10(2)5-3-4-8-16-14(18)12-7-6-11(17(20)21)9-13(12)15(16)19/h6-7,9-10H,3-5,8H2,1-2H3. The Kier molecular flexibility index (Phi) is 4.35. The Balaban J connectivity index is 2.09. The molecule has 0 atom stereocenters. The van der Waals surface area contributed by atoms with Crippen LogP contribution in [0.3, 0.4) is 0 Å². The number of benzene rings is 1. The topological polar surface area (TPSA) is 80.5 Å². The number of hydrogen-bond donors (Lipinski definition) is 0. The Morgan fingerprint density at radius 1 is 1.14 bits per heavy atom. The van der Waals surface area contributed by atoms with Gasteiger partial charge in [-0.15, -0.1) is 0 Å². The van der Waals surface area contributed by atoms with Crippen LogP contribution in [0.15, 0.2) is 18.2 Å². The van der Waals surface area contributed by atoms with Gasteiger partial charge in [0.25, 0.3) is 17.5 Å². The molecule has 0 N–H and O–H groups in total. The van der Waals surface area contributed by atoms with Crippen molar-refractivity contribution in [1.82, 2.24) is 4.90 Å². The molecular weight excluding hydrogens is 272 g/mol. The minimum atomic E-state index is -0.566. The third-order valence-corrected chi connectivity index (χ3v) is 3.58. The maximum absolute atomic E-state index is 12.2. The van der Waals surface area contributed by atoms with Crippen molar-refractivity contribution in [2.45, 2.75) is 33.1 Å². The lowest BCUT2D eigenvalue weighted by molar-refractivity contribution is -0.384. The number of fused-ring (bicyclic) bond motifs is 1. The van der Waals surface area contributed by atoms with E-state index in [1.807, 2.05) is 0 Å². The summed E-state index contributed by atoms with van der Waals surface area (Å²) >= 11 is 0. The van der Waals surface area contributed by atoms with Crippen LogP contribution in [0.1, 0.15) is 53.8 Å². The fourth-order valence-corrected chi connectivity index (χ4v) is 2.42. The van der Waals surface area contributed by atoms with Gasteiger partial charge in [0, 0.05) is 18.7 Å². The predicted octanol–water partition coefficient (Wildman–Crippen LogP) is 3.02. The molecule has 6 nitrogen and oxygen atoms in total. The summed E-state index contributed by atoms with van der Waals surface area (Å²) in [6.07, 6.45) is 2.76. The van der Waals surface area contributed by atoms with Gasteiger partial charge in [-0.2, -0.15) is 0 Å². The quantitative estimate of drug-likeness (QED) is 0.349. The van der Waals surface area contributed by atoms with Crippen LogP contribution in [0.4, 0.5) is 5.69 Å². The van der Waals surface area contributed by atoms with Crippen molar-refractivity contribution in [3.8, 4) is 0 Å². The SMILES string of the molecule is CC(C)CCCCN1C(=O)c2ccc([N+](=O)[O-])cc2C1=O. The normalized spacial score (nSPS) is 14.0. The largest absolute Gasteiger partial charge is 0.274 e. The number of unbranched alkanes of at least 4 members (excludes halogenated alkanes) is 1. The molecule has 2 amide bonds. The Hall–Kier alpha value is -2.24. The van der Waals surface area contributed by atoms with Crippen molar-refractivity contribution in [3.05, 3.63) is 39.4 Å². The second-order valence-electron chi connectivity index (χ2n) is 5.64. The van der Waals surface area contributed by atoms with Crippen LogP contribution in [0, 0.1) is 16.0 Å². The molecule has 1 aromatic carbocycles. The zero-order valence-corrected chi connectivity index (χ0v) is 12.2. The van der Waals surface area contributed by atoms with Crippen LogP contribution in [0.25, 0.3) is 0 Å². The summed E-state index contributed by atoms with van der Waals surface area (Å²) in [5, 5.41) is 10.7. The van der Waals surface area contributed by atoms with E-state index in [0.29, 0.717) is 12.5 Å². The van der Waals surface area contributed by atoms with Crippen molar-refractivity contribution in [1.29, 1.82) is 0 Å². The molecule has 112 valence electrons. The molecule has 1 aliphatic rings. The van der Waals surface area contributed by atoms with E-state index in [1.165, 1.54) is 23.1 Å². The third-order valence-electron chi connectivity index (χ3n) is 3.58. The molecule has 1 aromatic rings. The number of nitro benzene ring substituents is 1. The Morgan fingerprint density at radius 3 is 2.43 bits per heavy atom. The molecule has 1 heterocycles. The molecule has 21 heavy (non-hydrogen) atoms. The van der Waals surface area contributed by atoms with E-state index in [2.05, 4.69) is 13.8 Å². The molecule has 0 fully saturated rings. The van der Waals surface area contributed by atoms with Crippen LogP contribution < -0.4 is 0 Å². The number of non-ortho nitro benzene ring substituents is 1. The van der Waals surface area contributed by atoms with E-state index < -0.39 is 10.8 Å². The molecule has 0 spiro atoms. The van der Waals surface area contributed by atoms with E-state index in [9.17, 15) is 19.7 Å². The van der Waals surface area contributed by atoms with Gasteiger partial charge in [-0.3, -0.25) is 24.6 Å². The molecule has 0 bridgehead atoms.